The van der Waals surface area contributed by atoms with E-state index in [9.17, 15) is 4.79 Å². The largest absolute Gasteiger partial charge is 0.352 e. The van der Waals surface area contributed by atoms with E-state index >= 15 is 0 Å². The number of aromatic amines is 1. The van der Waals surface area contributed by atoms with Crippen molar-refractivity contribution in [3.63, 3.8) is 0 Å². The molecular weight excluding hydrogens is 218 g/mol. The van der Waals surface area contributed by atoms with Crippen LogP contribution in [0.25, 0.3) is 0 Å². The summed E-state index contributed by atoms with van der Waals surface area (Å²) in [6, 6.07) is 0. The van der Waals surface area contributed by atoms with Gasteiger partial charge in [-0.05, 0) is 18.9 Å². The molecule has 2 rings (SSSR count). The minimum atomic E-state index is 0.0408. The number of rotatable bonds is 5. The van der Waals surface area contributed by atoms with Crippen LogP contribution in [0.3, 0.4) is 0 Å². The first-order chi connectivity index (χ1) is 8.27. The van der Waals surface area contributed by atoms with Crippen LogP contribution >= 0.6 is 0 Å². The zero-order valence-electron chi connectivity index (χ0n) is 9.92. The number of aryl methyl sites for hydroxylation is 1. The van der Waals surface area contributed by atoms with E-state index in [1.165, 1.54) is 11.9 Å². The molecule has 2 heterocycles. The average molecular weight is 235 g/mol. The Morgan fingerprint density at radius 2 is 2.35 bits per heavy atom. The summed E-state index contributed by atoms with van der Waals surface area (Å²) in [5.74, 6) is 0.900. The number of hydrogen-bond acceptors (Lipinski definition) is 4. The zero-order chi connectivity index (χ0) is 12.1. The maximum atomic E-state index is 11.7. The second kappa shape index (κ2) is 5.58. The minimum Gasteiger partial charge on any atom is -0.352 e. The highest BCUT2D eigenvalue weighted by Crippen LogP contribution is 2.08. The summed E-state index contributed by atoms with van der Waals surface area (Å²) in [6.45, 7) is 4.23. The topological polar surface area (TPSA) is 82.7 Å². The molecule has 0 aliphatic carbocycles. The third-order valence-corrected chi connectivity index (χ3v) is 2.89. The minimum absolute atomic E-state index is 0.0408. The summed E-state index contributed by atoms with van der Waals surface area (Å²) in [5.41, 5.74) is 2.06. The molecule has 1 amide bonds. The fourth-order valence-corrected chi connectivity index (χ4v) is 1.62. The molecule has 1 aromatic heterocycles. The van der Waals surface area contributed by atoms with Crippen LogP contribution in [0.4, 0.5) is 0 Å². The Bertz CT molecular complexity index is 404. The van der Waals surface area contributed by atoms with Gasteiger partial charge >= 0.3 is 0 Å². The lowest BCUT2D eigenvalue weighted by Gasteiger charge is -2.21. The number of nitrogens with zero attached hydrogens (tertiary/aromatic N) is 2. The van der Waals surface area contributed by atoms with Crippen molar-refractivity contribution in [1.82, 2.24) is 25.8 Å². The predicted octanol–water partition coefficient (Wildman–Crippen LogP) is -0.227. The van der Waals surface area contributed by atoms with Gasteiger partial charge in [0.25, 0.3) is 0 Å². The van der Waals surface area contributed by atoms with Gasteiger partial charge < -0.3 is 10.6 Å². The normalized spacial score (nSPS) is 14.3. The van der Waals surface area contributed by atoms with E-state index in [2.05, 4.69) is 25.8 Å². The predicted molar refractivity (Wildman–Crippen MR) is 63.3 cm³/mol. The SMILES string of the molecule is CC(C(=O)NCCCc1ncn[nH]1)=C1CNC1. The van der Waals surface area contributed by atoms with Crippen LogP contribution in [0, 0.1) is 0 Å². The standard InChI is InChI=1S/C11H17N5O/c1-8(9-5-12-6-9)11(17)13-4-2-3-10-14-7-15-16-10/h7,12H,2-6H2,1H3,(H,13,17)(H,14,15,16). The third-order valence-electron chi connectivity index (χ3n) is 2.89. The summed E-state index contributed by atoms with van der Waals surface area (Å²) < 4.78 is 0. The van der Waals surface area contributed by atoms with Crippen molar-refractivity contribution < 1.29 is 4.79 Å². The lowest BCUT2D eigenvalue weighted by Crippen LogP contribution is -2.37. The van der Waals surface area contributed by atoms with Gasteiger partial charge in [-0.1, -0.05) is 0 Å². The quantitative estimate of drug-likeness (QED) is 0.486. The van der Waals surface area contributed by atoms with E-state index in [1.54, 1.807) is 0 Å². The molecule has 1 saturated heterocycles. The number of aromatic nitrogens is 3. The lowest BCUT2D eigenvalue weighted by molar-refractivity contribution is -0.117. The van der Waals surface area contributed by atoms with E-state index in [-0.39, 0.29) is 5.91 Å². The van der Waals surface area contributed by atoms with E-state index in [4.69, 9.17) is 0 Å². The number of hydrogen-bond donors (Lipinski definition) is 3. The summed E-state index contributed by atoms with van der Waals surface area (Å²) in [6.07, 6.45) is 3.16. The number of carbonyl (C=O) groups is 1. The van der Waals surface area contributed by atoms with Crippen LogP contribution in [0.1, 0.15) is 19.2 Å². The fraction of sp³-hybridized carbons (Fsp3) is 0.545. The summed E-state index contributed by atoms with van der Waals surface area (Å²) in [7, 11) is 0. The average Bonchev–Trinajstić information content (AvgIpc) is 2.74. The van der Waals surface area contributed by atoms with Crippen LogP contribution < -0.4 is 10.6 Å². The molecule has 92 valence electrons. The van der Waals surface area contributed by atoms with Crippen LogP contribution in [-0.2, 0) is 11.2 Å². The zero-order valence-corrected chi connectivity index (χ0v) is 9.92. The van der Waals surface area contributed by atoms with E-state index in [0.717, 1.165) is 37.3 Å². The van der Waals surface area contributed by atoms with Crippen molar-refractivity contribution in [2.24, 2.45) is 0 Å². The molecule has 6 heteroatoms. The number of amides is 1. The van der Waals surface area contributed by atoms with E-state index < -0.39 is 0 Å². The van der Waals surface area contributed by atoms with Gasteiger partial charge in [0.05, 0.1) is 0 Å². The molecule has 17 heavy (non-hydrogen) atoms. The molecule has 1 aliphatic heterocycles. The molecule has 1 aromatic rings. The van der Waals surface area contributed by atoms with E-state index in [0.29, 0.717) is 6.54 Å². The molecule has 6 nitrogen and oxygen atoms in total. The Morgan fingerprint density at radius 3 is 2.94 bits per heavy atom. The Balaban J connectivity index is 1.66. The van der Waals surface area contributed by atoms with Gasteiger partial charge in [0.2, 0.25) is 5.91 Å². The molecule has 0 unspecified atom stereocenters. The number of carbonyl (C=O) groups excluding carboxylic acids is 1. The Labute approximate surface area is 99.9 Å². The number of H-pyrrole nitrogens is 1. The monoisotopic (exact) mass is 235 g/mol. The highest BCUT2D eigenvalue weighted by atomic mass is 16.1. The molecular formula is C11H17N5O. The van der Waals surface area contributed by atoms with Gasteiger partial charge in [0.15, 0.2) is 0 Å². The number of nitrogens with one attached hydrogen (secondary N) is 3. The van der Waals surface area contributed by atoms with Gasteiger partial charge in [-0.15, -0.1) is 0 Å². The second-order valence-electron chi connectivity index (χ2n) is 4.12. The van der Waals surface area contributed by atoms with Gasteiger partial charge in [-0.25, -0.2) is 4.98 Å². The van der Waals surface area contributed by atoms with Crippen molar-refractivity contribution in [2.45, 2.75) is 19.8 Å². The van der Waals surface area contributed by atoms with Gasteiger partial charge in [-0.2, -0.15) is 5.10 Å². The van der Waals surface area contributed by atoms with Crippen molar-refractivity contribution in [2.75, 3.05) is 19.6 Å². The van der Waals surface area contributed by atoms with Crippen LogP contribution in [0.2, 0.25) is 0 Å². The maximum Gasteiger partial charge on any atom is 0.246 e. The van der Waals surface area contributed by atoms with Gasteiger partial charge in [0.1, 0.15) is 12.2 Å². The highest BCUT2D eigenvalue weighted by molar-refractivity contribution is 5.93. The molecule has 0 radical (unpaired) electrons. The molecule has 0 spiro atoms. The maximum absolute atomic E-state index is 11.7. The summed E-state index contributed by atoms with van der Waals surface area (Å²) in [4.78, 5) is 15.7. The first-order valence-electron chi connectivity index (χ1n) is 5.79. The van der Waals surface area contributed by atoms with Crippen LogP contribution in [-0.4, -0.2) is 40.7 Å². The van der Waals surface area contributed by atoms with Crippen molar-refractivity contribution in [1.29, 1.82) is 0 Å². The lowest BCUT2D eigenvalue weighted by atomic mass is 10.0. The molecule has 0 atom stereocenters. The van der Waals surface area contributed by atoms with Crippen LogP contribution in [0.5, 0.6) is 0 Å². The second-order valence-corrected chi connectivity index (χ2v) is 4.12. The van der Waals surface area contributed by atoms with Gasteiger partial charge in [0, 0.05) is 31.6 Å². The molecule has 1 fully saturated rings. The van der Waals surface area contributed by atoms with Crippen molar-refractivity contribution >= 4 is 5.91 Å². The Kier molecular flexibility index (Phi) is 3.87. The first kappa shape index (κ1) is 11.8. The summed E-state index contributed by atoms with van der Waals surface area (Å²) >= 11 is 0. The van der Waals surface area contributed by atoms with Crippen molar-refractivity contribution in [3.05, 3.63) is 23.3 Å². The smallest absolute Gasteiger partial charge is 0.246 e. The molecule has 0 aromatic carbocycles. The highest BCUT2D eigenvalue weighted by Gasteiger charge is 2.15. The first-order valence-corrected chi connectivity index (χ1v) is 5.79. The fourth-order valence-electron chi connectivity index (χ4n) is 1.62. The molecule has 3 N–H and O–H groups in total. The Hall–Kier alpha value is -1.69. The van der Waals surface area contributed by atoms with Gasteiger partial charge in [-0.3, -0.25) is 9.89 Å². The Morgan fingerprint density at radius 1 is 1.53 bits per heavy atom. The van der Waals surface area contributed by atoms with Crippen molar-refractivity contribution in [3.8, 4) is 0 Å². The molecule has 1 aliphatic rings. The van der Waals surface area contributed by atoms with Crippen LogP contribution in [0.15, 0.2) is 17.5 Å². The molecule has 0 bridgehead atoms. The molecule has 0 saturated carbocycles. The third kappa shape index (κ3) is 3.13. The summed E-state index contributed by atoms with van der Waals surface area (Å²) in [5, 5.41) is 12.6. The van der Waals surface area contributed by atoms with E-state index in [1.807, 2.05) is 6.92 Å².